The van der Waals surface area contributed by atoms with Gasteiger partial charge in [0.1, 0.15) is 5.75 Å². The quantitative estimate of drug-likeness (QED) is 0.588. The maximum atomic E-state index is 12.0. The summed E-state index contributed by atoms with van der Waals surface area (Å²) in [5.74, 6) is 0.706. The molecule has 29 heavy (non-hydrogen) atoms. The van der Waals surface area contributed by atoms with Gasteiger partial charge in [-0.05, 0) is 44.0 Å². The van der Waals surface area contributed by atoms with Gasteiger partial charge in [0.15, 0.2) is 19.0 Å². The Morgan fingerprint density at radius 3 is 2.38 bits per heavy atom. The van der Waals surface area contributed by atoms with Crippen LogP contribution in [0.15, 0.2) is 42.5 Å². The van der Waals surface area contributed by atoms with E-state index in [0.717, 1.165) is 22.4 Å². The molecule has 3 aromatic rings. The zero-order chi connectivity index (χ0) is 20.8. The molecule has 0 aliphatic carbocycles. The third kappa shape index (κ3) is 5.65. The van der Waals surface area contributed by atoms with Gasteiger partial charge in [-0.15, -0.1) is 0 Å². The van der Waals surface area contributed by atoms with Crippen LogP contribution in [-0.4, -0.2) is 27.5 Å². The molecule has 1 heterocycles. The van der Waals surface area contributed by atoms with Crippen molar-refractivity contribution in [2.75, 3.05) is 17.7 Å². The molecule has 0 bridgehead atoms. The van der Waals surface area contributed by atoms with Gasteiger partial charge in [-0.1, -0.05) is 35.9 Å². The second-order valence-electron chi connectivity index (χ2n) is 6.59. The van der Waals surface area contributed by atoms with Gasteiger partial charge in [0.2, 0.25) is 11.9 Å². The predicted octanol–water partition coefficient (Wildman–Crippen LogP) is 3.24. The number of carbonyl (C=O) groups is 1. The number of ether oxygens (including phenoxy) is 2. The van der Waals surface area contributed by atoms with Crippen LogP contribution < -0.4 is 15.8 Å². The number of nitrogen functional groups attached to an aromatic ring is 1. The minimum atomic E-state index is -0.528. The first-order valence-electron chi connectivity index (χ1n) is 9.09. The average molecular weight is 393 g/mol. The summed E-state index contributed by atoms with van der Waals surface area (Å²) in [5.41, 5.74) is 9.60. The van der Waals surface area contributed by atoms with Crippen molar-refractivity contribution < 1.29 is 14.3 Å². The minimum absolute atomic E-state index is 0.0347. The Kier molecular flexibility index (Phi) is 6.23. The number of rotatable bonds is 7. The van der Waals surface area contributed by atoms with E-state index >= 15 is 0 Å². The number of benzene rings is 2. The predicted molar refractivity (Wildman–Crippen MR) is 110 cm³/mol. The van der Waals surface area contributed by atoms with E-state index in [2.05, 4.69) is 20.3 Å². The number of hydrogen-bond donors (Lipinski definition) is 2. The van der Waals surface area contributed by atoms with Crippen molar-refractivity contribution in [2.24, 2.45) is 0 Å². The fraction of sp³-hybridized carbons (Fsp3) is 0.238. The minimum Gasteiger partial charge on any atom is -0.481 e. The van der Waals surface area contributed by atoms with Crippen LogP contribution in [0.2, 0.25) is 0 Å². The Hall–Kier alpha value is -3.68. The Bertz CT molecular complexity index is 985. The molecule has 1 aromatic heterocycles. The van der Waals surface area contributed by atoms with Gasteiger partial charge in [-0.25, -0.2) is 4.79 Å². The van der Waals surface area contributed by atoms with Crippen molar-refractivity contribution >= 4 is 23.6 Å². The summed E-state index contributed by atoms with van der Waals surface area (Å²) in [4.78, 5) is 24.3. The Balaban J connectivity index is 1.58. The van der Waals surface area contributed by atoms with Gasteiger partial charge in [0.25, 0.3) is 0 Å². The molecule has 0 unspecified atom stereocenters. The van der Waals surface area contributed by atoms with Crippen LogP contribution in [0.1, 0.15) is 22.5 Å². The van der Waals surface area contributed by atoms with E-state index < -0.39 is 5.97 Å². The number of nitrogens with zero attached hydrogens (tertiary/aromatic N) is 3. The van der Waals surface area contributed by atoms with Crippen molar-refractivity contribution in [3.8, 4) is 5.75 Å². The number of aryl methyl sites for hydroxylation is 3. The number of anilines is 3. The van der Waals surface area contributed by atoms with E-state index in [-0.39, 0.29) is 30.9 Å². The molecule has 2 aromatic carbocycles. The normalized spacial score (nSPS) is 10.4. The second-order valence-corrected chi connectivity index (χ2v) is 6.59. The number of nitrogens with one attached hydrogen (secondary N) is 1. The fourth-order valence-corrected chi connectivity index (χ4v) is 2.67. The van der Waals surface area contributed by atoms with E-state index in [1.807, 2.05) is 63.2 Å². The molecular formula is C21H23N5O3. The van der Waals surface area contributed by atoms with Crippen LogP contribution in [0.5, 0.6) is 5.75 Å². The molecule has 0 atom stereocenters. The van der Waals surface area contributed by atoms with Crippen LogP contribution in [0.4, 0.5) is 17.6 Å². The first-order chi connectivity index (χ1) is 13.9. The number of esters is 1. The average Bonchev–Trinajstić information content (AvgIpc) is 2.67. The van der Waals surface area contributed by atoms with E-state index in [1.165, 1.54) is 0 Å². The van der Waals surface area contributed by atoms with Crippen molar-refractivity contribution in [1.29, 1.82) is 0 Å². The molecule has 0 radical (unpaired) electrons. The summed E-state index contributed by atoms with van der Waals surface area (Å²) in [6, 6.07) is 13.5. The van der Waals surface area contributed by atoms with Gasteiger partial charge >= 0.3 is 5.97 Å². The highest BCUT2D eigenvalue weighted by Gasteiger charge is 2.11. The maximum absolute atomic E-state index is 12.0. The molecule has 0 spiro atoms. The van der Waals surface area contributed by atoms with E-state index in [1.54, 1.807) is 0 Å². The highest BCUT2D eigenvalue weighted by atomic mass is 16.6. The first kappa shape index (κ1) is 20.1. The molecule has 0 fully saturated rings. The standard InChI is InChI=1S/C21H23N5O3/c1-13-7-9-16(10-8-13)23-21-25-17(24-20(22)26-21)11-28-18(27)12-29-19-14(2)5-4-6-15(19)3/h4-10H,11-12H2,1-3H3,(H3,22,23,24,25,26). The summed E-state index contributed by atoms with van der Waals surface area (Å²) in [5, 5.41) is 3.05. The van der Waals surface area contributed by atoms with Gasteiger partial charge in [-0.2, -0.15) is 15.0 Å². The van der Waals surface area contributed by atoms with Crippen LogP contribution in [-0.2, 0) is 16.1 Å². The maximum Gasteiger partial charge on any atom is 0.344 e. The van der Waals surface area contributed by atoms with Crippen LogP contribution >= 0.6 is 0 Å². The summed E-state index contributed by atoms with van der Waals surface area (Å²) in [7, 11) is 0. The number of para-hydroxylation sites is 1. The molecule has 0 saturated heterocycles. The lowest BCUT2D eigenvalue weighted by atomic mass is 10.1. The summed E-state index contributed by atoms with van der Waals surface area (Å²) < 4.78 is 10.8. The number of nitrogens with two attached hydrogens (primary N) is 1. The lowest BCUT2D eigenvalue weighted by Crippen LogP contribution is -2.17. The third-order valence-corrected chi connectivity index (χ3v) is 4.11. The molecule has 0 saturated carbocycles. The van der Waals surface area contributed by atoms with E-state index in [9.17, 15) is 4.79 Å². The SMILES string of the molecule is Cc1ccc(Nc2nc(N)nc(COC(=O)COc3c(C)cccc3C)n2)cc1. The van der Waals surface area contributed by atoms with Crippen LogP contribution in [0, 0.1) is 20.8 Å². The van der Waals surface area contributed by atoms with Crippen molar-refractivity contribution in [3.63, 3.8) is 0 Å². The van der Waals surface area contributed by atoms with Gasteiger partial charge in [0, 0.05) is 5.69 Å². The molecule has 0 aliphatic rings. The van der Waals surface area contributed by atoms with E-state index in [0.29, 0.717) is 5.75 Å². The highest BCUT2D eigenvalue weighted by Crippen LogP contribution is 2.22. The van der Waals surface area contributed by atoms with Crippen LogP contribution in [0.25, 0.3) is 0 Å². The number of carbonyl (C=O) groups excluding carboxylic acids is 1. The summed E-state index contributed by atoms with van der Waals surface area (Å²) in [6.07, 6.45) is 0. The van der Waals surface area contributed by atoms with Gasteiger partial charge < -0.3 is 20.5 Å². The first-order valence-corrected chi connectivity index (χ1v) is 9.09. The molecule has 150 valence electrons. The fourth-order valence-electron chi connectivity index (χ4n) is 2.67. The van der Waals surface area contributed by atoms with Crippen molar-refractivity contribution in [1.82, 2.24) is 15.0 Å². The number of hydrogen-bond acceptors (Lipinski definition) is 8. The lowest BCUT2D eigenvalue weighted by Gasteiger charge is -2.11. The monoisotopic (exact) mass is 393 g/mol. The van der Waals surface area contributed by atoms with Crippen molar-refractivity contribution in [3.05, 3.63) is 65.0 Å². The summed E-state index contributed by atoms with van der Waals surface area (Å²) >= 11 is 0. The van der Waals surface area contributed by atoms with E-state index in [4.69, 9.17) is 15.2 Å². The van der Waals surface area contributed by atoms with Gasteiger partial charge in [0.05, 0.1) is 0 Å². The molecular weight excluding hydrogens is 370 g/mol. The molecule has 3 N–H and O–H groups in total. The lowest BCUT2D eigenvalue weighted by molar-refractivity contribution is -0.147. The zero-order valence-corrected chi connectivity index (χ0v) is 16.6. The van der Waals surface area contributed by atoms with Gasteiger partial charge in [-0.3, -0.25) is 0 Å². The molecule has 0 aliphatic heterocycles. The summed E-state index contributed by atoms with van der Waals surface area (Å²) in [6.45, 7) is 5.50. The Morgan fingerprint density at radius 2 is 1.69 bits per heavy atom. The molecule has 8 heteroatoms. The second kappa shape index (κ2) is 9.01. The van der Waals surface area contributed by atoms with Crippen LogP contribution in [0.3, 0.4) is 0 Å². The van der Waals surface area contributed by atoms with Crippen molar-refractivity contribution in [2.45, 2.75) is 27.4 Å². The largest absolute Gasteiger partial charge is 0.481 e. The highest BCUT2D eigenvalue weighted by molar-refractivity contribution is 5.71. The molecule has 3 rings (SSSR count). The molecule has 0 amide bonds. The zero-order valence-electron chi connectivity index (χ0n) is 16.6. The Labute approximate surface area is 169 Å². The third-order valence-electron chi connectivity index (χ3n) is 4.11. The number of aromatic nitrogens is 3. The molecule has 8 nitrogen and oxygen atoms in total. The Morgan fingerprint density at radius 1 is 1.00 bits per heavy atom. The topological polar surface area (TPSA) is 112 Å². The smallest absolute Gasteiger partial charge is 0.344 e.